The number of ketones is 1. The number of nitrogens with zero attached hydrogens (tertiary/aromatic N) is 1. The highest BCUT2D eigenvalue weighted by Gasteiger charge is 2.10. The highest BCUT2D eigenvalue weighted by molar-refractivity contribution is 6.06. The normalized spacial score (nSPS) is 14.3. The van der Waals surface area contributed by atoms with Crippen molar-refractivity contribution in [1.29, 1.82) is 0 Å². The molecular formula is C21H21NO5. The molecule has 1 aliphatic heterocycles. The molecule has 6 heteroatoms. The van der Waals surface area contributed by atoms with Crippen LogP contribution in [0, 0.1) is 0 Å². The van der Waals surface area contributed by atoms with Crippen LogP contribution in [0.3, 0.4) is 0 Å². The van der Waals surface area contributed by atoms with Crippen LogP contribution in [-0.2, 0) is 9.53 Å². The van der Waals surface area contributed by atoms with E-state index in [-0.39, 0.29) is 5.78 Å². The van der Waals surface area contributed by atoms with Crippen LogP contribution in [0.5, 0.6) is 5.75 Å². The summed E-state index contributed by atoms with van der Waals surface area (Å²) in [4.78, 5) is 25.0. The number of carbonyl (C=O) groups is 2. The van der Waals surface area contributed by atoms with E-state index in [4.69, 9.17) is 14.6 Å². The Bertz CT molecular complexity index is 805. The Labute approximate surface area is 157 Å². The number of hydrogen-bond acceptors (Lipinski definition) is 5. The van der Waals surface area contributed by atoms with Crippen LogP contribution in [0.25, 0.3) is 6.08 Å². The molecule has 0 bridgehead atoms. The molecule has 2 aromatic carbocycles. The summed E-state index contributed by atoms with van der Waals surface area (Å²) in [6, 6.07) is 14.5. The first-order chi connectivity index (χ1) is 13.1. The summed E-state index contributed by atoms with van der Waals surface area (Å²) in [7, 11) is 0. The van der Waals surface area contributed by atoms with Gasteiger partial charge in [0, 0.05) is 24.3 Å². The Morgan fingerprint density at radius 2 is 1.70 bits per heavy atom. The van der Waals surface area contributed by atoms with Gasteiger partial charge in [0.25, 0.3) is 0 Å². The molecule has 0 saturated carbocycles. The van der Waals surface area contributed by atoms with Gasteiger partial charge in [0.05, 0.1) is 13.2 Å². The van der Waals surface area contributed by atoms with Crippen molar-refractivity contribution in [2.45, 2.75) is 0 Å². The Morgan fingerprint density at radius 3 is 2.33 bits per heavy atom. The van der Waals surface area contributed by atoms with Crippen LogP contribution >= 0.6 is 0 Å². The van der Waals surface area contributed by atoms with Crippen molar-refractivity contribution in [3.05, 3.63) is 65.7 Å². The van der Waals surface area contributed by atoms with Crippen LogP contribution in [0.4, 0.5) is 5.69 Å². The molecule has 1 aliphatic rings. The second kappa shape index (κ2) is 9.00. The molecule has 0 aromatic heterocycles. The molecule has 1 N–H and O–H groups in total. The van der Waals surface area contributed by atoms with E-state index in [2.05, 4.69) is 4.90 Å². The van der Waals surface area contributed by atoms with Crippen molar-refractivity contribution in [2.24, 2.45) is 0 Å². The summed E-state index contributed by atoms with van der Waals surface area (Å²) in [5.41, 5.74) is 2.61. The maximum Gasteiger partial charge on any atom is 0.341 e. The first-order valence-corrected chi connectivity index (χ1v) is 8.72. The van der Waals surface area contributed by atoms with Crippen LogP contribution in [0.15, 0.2) is 54.6 Å². The topological polar surface area (TPSA) is 76.1 Å². The molecule has 0 radical (unpaired) electrons. The van der Waals surface area contributed by atoms with E-state index in [0.29, 0.717) is 11.3 Å². The quantitative estimate of drug-likeness (QED) is 0.599. The number of benzene rings is 2. The fraction of sp³-hybridized carbons (Fsp3) is 0.238. The minimum Gasteiger partial charge on any atom is -0.482 e. The van der Waals surface area contributed by atoms with Gasteiger partial charge in [-0.1, -0.05) is 18.2 Å². The largest absolute Gasteiger partial charge is 0.482 e. The van der Waals surface area contributed by atoms with Gasteiger partial charge in [-0.3, -0.25) is 4.79 Å². The average Bonchev–Trinajstić information content (AvgIpc) is 2.72. The Balaban J connectivity index is 1.58. The second-order valence-corrected chi connectivity index (χ2v) is 6.10. The first-order valence-electron chi connectivity index (χ1n) is 8.72. The Kier molecular flexibility index (Phi) is 6.22. The zero-order valence-electron chi connectivity index (χ0n) is 14.8. The van der Waals surface area contributed by atoms with Gasteiger partial charge in [0.1, 0.15) is 5.75 Å². The number of carboxylic acid groups (broad SMARTS) is 1. The molecule has 0 atom stereocenters. The van der Waals surface area contributed by atoms with E-state index in [0.717, 1.165) is 37.6 Å². The number of aliphatic carboxylic acids is 1. The van der Waals surface area contributed by atoms with Crippen molar-refractivity contribution in [3.8, 4) is 5.75 Å². The van der Waals surface area contributed by atoms with Gasteiger partial charge >= 0.3 is 5.97 Å². The number of anilines is 1. The number of ether oxygens (including phenoxy) is 2. The molecule has 0 amide bonds. The highest BCUT2D eigenvalue weighted by atomic mass is 16.5. The lowest BCUT2D eigenvalue weighted by molar-refractivity contribution is -0.139. The molecule has 1 fully saturated rings. The monoisotopic (exact) mass is 367 g/mol. The van der Waals surface area contributed by atoms with Gasteiger partial charge in [-0.15, -0.1) is 0 Å². The van der Waals surface area contributed by atoms with Gasteiger partial charge in [-0.05, 0) is 48.0 Å². The Morgan fingerprint density at radius 1 is 1.04 bits per heavy atom. The fourth-order valence-electron chi connectivity index (χ4n) is 2.75. The molecule has 0 aliphatic carbocycles. The molecule has 1 saturated heterocycles. The molecule has 1 heterocycles. The molecule has 140 valence electrons. The minimum absolute atomic E-state index is 0.128. The lowest BCUT2D eigenvalue weighted by atomic mass is 10.1. The number of rotatable bonds is 7. The number of carbonyl (C=O) groups excluding carboxylic acids is 1. The van der Waals surface area contributed by atoms with E-state index < -0.39 is 12.6 Å². The van der Waals surface area contributed by atoms with E-state index in [1.54, 1.807) is 30.3 Å². The molecular weight excluding hydrogens is 346 g/mol. The van der Waals surface area contributed by atoms with Crippen molar-refractivity contribution in [2.75, 3.05) is 37.8 Å². The van der Waals surface area contributed by atoms with Gasteiger partial charge in [-0.25, -0.2) is 4.79 Å². The highest BCUT2D eigenvalue weighted by Crippen LogP contribution is 2.18. The third-order valence-corrected chi connectivity index (χ3v) is 4.20. The summed E-state index contributed by atoms with van der Waals surface area (Å²) in [6.45, 7) is 2.86. The Hall–Kier alpha value is -3.12. The maximum absolute atomic E-state index is 12.3. The third kappa shape index (κ3) is 5.43. The van der Waals surface area contributed by atoms with E-state index in [9.17, 15) is 9.59 Å². The van der Waals surface area contributed by atoms with Crippen molar-refractivity contribution in [1.82, 2.24) is 0 Å². The van der Waals surface area contributed by atoms with Crippen molar-refractivity contribution < 1.29 is 24.2 Å². The summed E-state index contributed by atoms with van der Waals surface area (Å²) in [5.74, 6) is -0.758. The lowest BCUT2D eigenvalue weighted by Crippen LogP contribution is -2.36. The standard InChI is InChI=1S/C21H21NO5/c23-20(17-4-8-19(9-5-17)27-15-21(24)25)10-3-16-1-6-18(7-2-16)22-11-13-26-14-12-22/h1-10H,11-15H2,(H,24,25)/b10-3+. The zero-order chi connectivity index (χ0) is 19.1. The summed E-state index contributed by atoms with van der Waals surface area (Å²) in [6.07, 6.45) is 3.30. The maximum atomic E-state index is 12.3. The zero-order valence-corrected chi connectivity index (χ0v) is 14.8. The fourth-order valence-corrected chi connectivity index (χ4v) is 2.75. The molecule has 0 unspecified atom stereocenters. The van der Waals surface area contributed by atoms with Gasteiger partial charge in [0.15, 0.2) is 12.4 Å². The summed E-state index contributed by atoms with van der Waals surface area (Å²) >= 11 is 0. The number of hydrogen-bond donors (Lipinski definition) is 1. The van der Waals surface area contributed by atoms with Crippen LogP contribution in [0.2, 0.25) is 0 Å². The molecule has 0 spiro atoms. The summed E-state index contributed by atoms with van der Waals surface area (Å²) in [5, 5.41) is 8.59. The van der Waals surface area contributed by atoms with E-state index in [1.807, 2.05) is 24.3 Å². The molecule has 2 aromatic rings. The average molecular weight is 367 g/mol. The van der Waals surface area contributed by atoms with Gasteiger partial charge < -0.3 is 19.5 Å². The number of carboxylic acids is 1. The molecule has 3 rings (SSSR count). The van der Waals surface area contributed by atoms with Gasteiger partial charge in [-0.2, -0.15) is 0 Å². The third-order valence-electron chi connectivity index (χ3n) is 4.20. The van der Waals surface area contributed by atoms with Crippen LogP contribution in [-0.4, -0.2) is 49.8 Å². The summed E-state index contributed by atoms with van der Waals surface area (Å²) < 4.78 is 10.4. The van der Waals surface area contributed by atoms with Crippen molar-refractivity contribution in [3.63, 3.8) is 0 Å². The second-order valence-electron chi connectivity index (χ2n) is 6.10. The van der Waals surface area contributed by atoms with Crippen LogP contribution in [0.1, 0.15) is 15.9 Å². The first kappa shape index (κ1) is 18.7. The van der Waals surface area contributed by atoms with Gasteiger partial charge in [0.2, 0.25) is 0 Å². The lowest BCUT2D eigenvalue weighted by Gasteiger charge is -2.28. The van der Waals surface area contributed by atoms with Crippen LogP contribution < -0.4 is 9.64 Å². The number of morpholine rings is 1. The smallest absolute Gasteiger partial charge is 0.341 e. The minimum atomic E-state index is -1.04. The molecule has 6 nitrogen and oxygen atoms in total. The molecule has 27 heavy (non-hydrogen) atoms. The van der Waals surface area contributed by atoms with E-state index in [1.165, 1.54) is 6.08 Å². The van der Waals surface area contributed by atoms with Crippen molar-refractivity contribution >= 4 is 23.5 Å². The SMILES string of the molecule is O=C(O)COc1ccc(C(=O)/C=C/c2ccc(N3CCOCC3)cc2)cc1. The predicted octanol–water partition coefficient (Wildman–Crippen LogP) is 2.88. The predicted molar refractivity (Wildman–Crippen MR) is 102 cm³/mol. The van der Waals surface area contributed by atoms with E-state index >= 15 is 0 Å². The number of allylic oxidation sites excluding steroid dienone is 1.